The summed E-state index contributed by atoms with van der Waals surface area (Å²) in [6.45, 7) is 9.52. The third-order valence-electron chi connectivity index (χ3n) is 9.76. The fourth-order valence-electron chi connectivity index (χ4n) is 6.50. The molecule has 12 heteroatoms. The molecule has 4 N–H and O–H groups in total. The number of ether oxygens (including phenoxy) is 3. The van der Waals surface area contributed by atoms with Crippen molar-refractivity contribution in [1.82, 2.24) is 0 Å². The van der Waals surface area contributed by atoms with Crippen LogP contribution in [-0.4, -0.2) is 74.0 Å². The summed E-state index contributed by atoms with van der Waals surface area (Å²) in [5, 5.41) is 37.9. The molecule has 3 heterocycles. The summed E-state index contributed by atoms with van der Waals surface area (Å²) in [7, 11) is 0. The molecule has 0 amide bonds. The Kier molecular flexibility index (Phi) is 15.8. The van der Waals surface area contributed by atoms with E-state index in [1.54, 1.807) is 38.2 Å². The topological polar surface area (TPSA) is 190 Å². The molecule has 286 valence electrons. The number of rotatable bonds is 18. The van der Waals surface area contributed by atoms with Crippen molar-refractivity contribution < 1.29 is 58.2 Å². The molecule has 7 atom stereocenters. The number of carboxylic acids is 3. The normalized spacial score (nSPS) is 27.0. The molecule has 1 aromatic heterocycles. The van der Waals surface area contributed by atoms with Gasteiger partial charge in [0.1, 0.15) is 18.0 Å². The number of aliphatic hydroxyl groups excluding tert-OH is 1. The van der Waals surface area contributed by atoms with Gasteiger partial charge in [-0.25, -0.2) is 19.2 Å². The molecule has 2 aliphatic rings. The summed E-state index contributed by atoms with van der Waals surface area (Å²) in [4.78, 5) is 47.2. The highest BCUT2D eigenvalue weighted by Crippen LogP contribution is 2.48. The molecule has 0 bridgehead atoms. The van der Waals surface area contributed by atoms with Gasteiger partial charge in [-0.05, 0) is 57.4 Å². The fraction of sp³-hybridized carbons (Fsp3) is 0.550. The predicted octanol–water partition coefficient (Wildman–Crippen LogP) is 7.65. The van der Waals surface area contributed by atoms with Crippen LogP contribution in [0.2, 0.25) is 0 Å². The minimum atomic E-state index is -1.31. The van der Waals surface area contributed by atoms with Crippen molar-refractivity contribution in [2.45, 2.75) is 129 Å². The van der Waals surface area contributed by atoms with E-state index in [0.717, 1.165) is 62.2 Å². The van der Waals surface area contributed by atoms with Gasteiger partial charge in [0.2, 0.25) is 5.76 Å². The first-order valence-corrected chi connectivity index (χ1v) is 18.0. The monoisotopic (exact) mass is 726 g/mol. The van der Waals surface area contributed by atoms with Crippen molar-refractivity contribution in [3.63, 3.8) is 0 Å². The molecule has 2 fully saturated rings. The van der Waals surface area contributed by atoms with E-state index in [4.69, 9.17) is 23.7 Å². The molecule has 2 saturated heterocycles. The number of allylic oxidation sites excluding steroid dienone is 4. The molecule has 3 rings (SSSR count). The zero-order chi connectivity index (χ0) is 38.5. The van der Waals surface area contributed by atoms with E-state index in [1.807, 2.05) is 13.0 Å². The van der Waals surface area contributed by atoms with Crippen LogP contribution in [0.3, 0.4) is 0 Å². The van der Waals surface area contributed by atoms with Gasteiger partial charge in [0.05, 0.1) is 17.8 Å². The first-order chi connectivity index (χ1) is 24.6. The highest BCUT2D eigenvalue weighted by atomic mass is 16.7. The van der Waals surface area contributed by atoms with Gasteiger partial charge >= 0.3 is 23.9 Å². The minimum absolute atomic E-state index is 0.0342. The molecule has 0 radical (unpaired) electrons. The van der Waals surface area contributed by atoms with Crippen molar-refractivity contribution >= 4 is 23.9 Å². The van der Waals surface area contributed by atoms with Crippen LogP contribution in [0.15, 0.2) is 76.5 Å². The maximum atomic E-state index is 13.5. The van der Waals surface area contributed by atoms with Crippen LogP contribution in [-0.2, 0) is 23.8 Å². The molecule has 1 aromatic rings. The van der Waals surface area contributed by atoms with E-state index in [1.165, 1.54) is 6.08 Å². The van der Waals surface area contributed by atoms with Crippen LogP contribution in [0.4, 0.5) is 0 Å². The van der Waals surface area contributed by atoms with Crippen molar-refractivity contribution in [1.29, 1.82) is 0 Å². The SMILES string of the molecule is CCCCCCC1(OC(=O)c2coc(C(=O)O)c2)CCC2(CCC(C)C(CC=C(C)C=CC(O)C(C)C=CC(=O)O)O2)OC1C=CC(C)=CC(=O)O. The molecular weight excluding hydrogens is 672 g/mol. The van der Waals surface area contributed by atoms with E-state index in [2.05, 4.69) is 13.8 Å². The molecule has 0 aromatic carbocycles. The summed E-state index contributed by atoms with van der Waals surface area (Å²) in [5.74, 6) is -5.79. The third kappa shape index (κ3) is 12.5. The molecule has 12 nitrogen and oxygen atoms in total. The number of esters is 1. The minimum Gasteiger partial charge on any atom is -0.478 e. The maximum absolute atomic E-state index is 13.5. The second kappa shape index (κ2) is 19.5. The summed E-state index contributed by atoms with van der Waals surface area (Å²) in [6.07, 6.45) is 18.4. The molecular formula is C40H54O12. The number of carboxylic acid groups (broad SMARTS) is 3. The van der Waals surface area contributed by atoms with Gasteiger partial charge < -0.3 is 39.1 Å². The Morgan fingerprint density at radius 2 is 1.71 bits per heavy atom. The Morgan fingerprint density at radius 1 is 0.962 bits per heavy atom. The number of hydrogen-bond donors (Lipinski definition) is 4. The Balaban J connectivity index is 1.89. The lowest BCUT2D eigenvalue weighted by Gasteiger charge is -2.53. The second-order valence-electron chi connectivity index (χ2n) is 14.1. The van der Waals surface area contributed by atoms with E-state index in [-0.39, 0.29) is 29.3 Å². The number of aliphatic hydroxyl groups is 1. The average molecular weight is 727 g/mol. The number of carbonyl (C=O) groups is 4. The van der Waals surface area contributed by atoms with Gasteiger partial charge in [-0.2, -0.15) is 0 Å². The van der Waals surface area contributed by atoms with Crippen LogP contribution in [0.5, 0.6) is 0 Å². The summed E-state index contributed by atoms with van der Waals surface area (Å²) >= 11 is 0. The van der Waals surface area contributed by atoms with Crippen molar-refractivity contribution in [3.8, 4) is 0 Å². The Morgan fingerprint density at radius 3 is 2.37 bits per heavy atom. The number of unbranched alkanes of at least 4 members (excludes halogenated alkanes) is 3. The first-order valence-electron chi connectivity index (χ1n) is 18.0. The van der Waals surface area contributed by atoms with Crippen LogP contribution < -0.4 is 0 Å². The zero-order valence-electron chi connectivity index (χ0n) is 30.8. The van der Waals surface area contributed by atoms with E-state index < -0.39 is 47.5 Å². The lowest BCUT2D eigenvalue weighted by Crippen LogP contribution is -2.59. The largest absolute Gasteiger partial charge is 0.478 e. The number of aliphatic carboxylic acids is 2. The molecule has 52 heavy (non-hydrogen) atoms. The summed E-state index contributed by atoms with van der Waals surface area (Å²) in [5.41, 5.74) is 0.175. The van der Waals surface area contributed by atoms with Gasteiger partial charge in [0.15, 0.2) is 5.79 Å². The molecule has 0 aliphatic carbocycles. The maximum Gasteiger partial charge on any atom is 0.371 e. The molecule has 7 unspecified atom stereocenters. The highest BCUT2D eigenvalue weighted by Gasteiger charge is 2.54. The average Bonchev–Trinajstić information content (AvgIpc) is 3.60. The standard InChI is InChI=1S/C40H54O12/c1-6-7-8-9-19-39(52-38(48)30-24-33(37(46)47)49-25-30)21-22-40(51-34(39)16-12-27(3)23-36(44)45)20-18-29(5)32(50-40)15-11-26(2)10-14-31(41)28(4)13-17-35(42)43/h10-14,16-17,23-25,28-29,31-32,34,41H,6-9,15,18-22H2,1-5H3,(H,42,43)(H,44,45)(H,46,47). The zero-order valence-corrected chi connectivity index (χ0v) is 30.8. The highest BCUT2D eigenvalue weighted by molar-refractivity contribution is 5.93. The van der Waals surface area contributed by atoms with E-state index in [9.17, 15) is 34.5 Å². The van der Waals surface area contributed by atoms with Gasteiger partial charge in [0, 0.05) is 37.0 Å². The van der Waals surface area contributed by atoms with Gasteiger partial charge in [-0.3, -0.25) is 0 Å². The Bertz CT molecular complexity index is 1550. The number of aromatic carboxylic acids is 1. The number of hydrogen-bond acceptors (Lipinski definition) is 9. The Labute approximate surface area is 305 Å². The fourth-order valence-corrected chi connectivity index (χ4v) is 6.50. The van der Waals surface area contributed by atoms with Crippen LogP contribution in [0.25, 0.3) is 0 Å². The van der Waals surface area contributed by atoms with Crippen molar-refractivity contribution in [2.24, 2.45) is 11.8 Å². The number of furan rings is 1. The smallest absolute Gasteiger partial charge is 0.371 e. The molecule has 2 aliphatic heterocycles. The van der Waals surface area contributed by atoms with Gasteiger partial charge in [-0.1, -0.05) is 82.1 Å². The van der Waals surface area contributed by atoms with Crippen molar-refractivity contribution in [3.05, 3.63) is 83.4 Å². The summed E-state index contributed by atoms with van der Waals surface area (Å²) < 4.78 is 25.0. The lowest BCUT2D eigenvalue weighted by molar-refractivity contribution is -0.343. The molecule has 1 spiro atoms. The predicted molar refractivity (Wildman–Crippen MR) is 193 cm³/mol. The second-order valence-corrected chi connectivity index (χ2v) is 14.1. The molecule has 0 saturated carbocycles. The third-order valence-corrected chi connectivity index (χ3v) is 9.76. The quantitative estimate of drug-likeness (QED) is 0.0501. The van der Waals surface area contributed by atoms with Crippen molar-refractivity contribution in [2.75, 3.05) is 0 Å². The van der Waals surface area contributed by atoms with E-state index >= 15 is 0 Å². The van der Waals surface area contributed by atoms with Gasteiger partial charge in [0.25, 0.3) is 0 Å². The van der Waals surface area contributed by atoms with E-state index in [0.29, 0.717) is 37.7 Å². The van der Waals surface area contributed by atoms with Crippen LogP contribution in [0.1, 0.15) is 120 Å². The summed E-state index contributed by atoms with van der Waals surface area (Å²) in [6, 6.07) is 1.13. The number of carbonyl (C=O) groups excluding carboxylic acids is 1. The lowest BCUT2D eigenvalue weighted by atomic mass is 9.78. The first kappa shape index (κ1) is 42.2. The van der Waals surface area contributed by atoms with Crippen LogP contribution >= 0.6 is 0 Å². The Hall–Kier alpha value is -4.26. The van der Waals surface area contributed by atoms with Gasteiger partial charge in [-0.15, -0.1) is 0 Å². The van der Waals surface area contributed by atoms with Crippen LogP contribution in [0, 0.1) is 11.8 Å².